The molecule has 3 aromatic rings. The number of nitro benzene ring substituents is 1. The summed E-state index contributed by atoms with van der Waals surface area (Å²) in [6.45, 7) is 1.99. The molecule has 1 aromatic heterocycles. The Morgan fingerprint density at radius 3 is 2.50 bits per heavy atom. The molecule has 6 nitrogen and oxygen atoms in total. The van der Waals surface area contributed by atoms with Crippen LogP contribution in [0.4, 0.5) is 5.69 Å². The maximum atomic E-state index is 10.9. The van der Waals surface area contributed by atoms with Gasteiger partial charge in [0, 0.05) is 23.7 Å². The Hall–Kier alpha value is -2.73. The summed E-state index contributed by atoms with van der Waals surface area (Å²) in [5.41, 5.74) is 3.10. The van der Waals surface area contributed by atoms with Crippen molar-refractivity contribution in [2.45, 2.75) is 18.9 Å². The molecule has 2 heterocycles. The molecule has 2 aromatic carbocycles. The summed E-state index contributed by atoms with van der Waals surface area (Å²) < 4.78 is 2.30. The summed E-state index contributed by atoms with van der Waals surface area (Å²) in [6.07, 6.45) is 2.11. The molecule has 0 amide bonds. The number of rotatable bonds is 3. The number of nitro groups is 1. The quantitative estimate of drug-likeness (QED) is 0.591. The van der Waals surface area contributed by atoms with Crippen molar-refractivity contribution in [1.29, 1.82) is 0 Å². The van der Waals surface area contributed by atoms with E-state index in [4.69, 9.17) is 4.98 Å². The van der Waals surface area contributed by atoms with Crippen molar-refractivity contribution in [3.8, 4) is 11.4 Å². The fourth-order valence-electron chi connectivity index (χ4n) is 3.41. The Labute approximate surface area is 139 Å². The van der Waals surface area contributed by atoms with Crippen molar-refractivity contribution in [2.24, 2.45) is 0 Å². The first kappa shape index (κ1) is 14.8. The van der Waals surface area contributed by atoms with Crippen molar-refractivity contribution in [3.05, 3.63) is 58.6 Å². The number of hydrogen-bond donors (Lipinski definition) is 1. The van der Waals surface area contributed by atoms with Gasteiger partial charge in [0.2, 0.25) is 0 Å². The second kappa shape index (κ2) is 6.05. The SMILES string of the molecule is O=[N+]([O-])c1ccc(-c2nc3ccccc3n2C2CCNCC2)cc1. The van der Waals surface area contributed by atoms with Gasteiger partial charge in [0.15, 0.2) is 0 Å². The molecule has 0 spiro atoms. The molecule has 1 aliphatic heterocycles. The van der Waals surface area contributed by atoms with E-state index in [1.165, 1.54) is 0 Å². The normalized spacial score (nSPS) is 15.7. The minimum atomic E-state index is -0.375. The minimum absolute atomic E-state index is 0.100. The van der Waals surface area contributed by atoms with Gasteiger partial charge in [-0.15, -0.1) is 0 Å². The van der Waals surface area contributed by atoms with Crippen LogP contribution in [0.15, 0.2) is 48.5 Å². The summed E-state index contributed by atoms with van der Waals surface area (Å²) in [7, 11) is 0. The van der Waals surface area contributed by atoms with Crippen LogP contribution < -0.4 is 5.32 Å². The van der Waals surface area contributed by atoms with E-state index in [9.17, 15) is 10.1 Å². The van der Waals surface area contributed by atoms with Gasteiger partial charge < -0.3 is 9.88 Å². The number of imidazole rings is 1. The Morgan fingerprint density at radius 1 is 1.08 bits per heavy atom. The van der Waals surface area contributed by atoms with Crippen molar-refractivity contribution in [2.75, 3.05) is 13.1 Å². The predicted molar refractivity (Wildman–Crippen MR) is 93.0 cm³/mol. The average Bonchev–Trinajstić information content (AvgIpc) is 3.02. The number of hydrogen-bond acceptors (Lipinski definition) is 4. The van der Waals surface area contributed by atoms with E-state index in [0.29, 0.717) is 6.04 Å². The summed E-state index contributed by atoms with van der Waals surface area (Å²) in [4.78, 5) is 15.3. The third-order valence-corrected chi connectivity index (χ3v) is 4.61. The van der Waals surface area contributed by atoms with E-state index in [2.05, 4.69) is 16.0 Å². The fraction of sp³-hybridized carbons (Fsp3) is 0.278. The number of non-ortho nitro benzene ring substituents is 1. The van der Waals surface area contributed by atoms with Gasteiger partial charge in [0.05, 0.1) is 16.0 Å². The Balaban J connectivity index is 1.85. The van der Waals surface area contributed by atoms with E-state index < -0.39 is 0 Å². The van der Waals surface area contributed by atoms with Crippen LogP contribution in [0, 0.1) is 10.1 Å². The van der Waals surface area contributed by atoms with Crippen LogP contribution in [0.3, 0.4) is 0 Å². The molecule has 0 saturated carbocycles. The number of aromatic nitrogens is 2. The lowest BCUT2D eigenvalue weighted by Crippen LogP contribution is -2.29. The van der Waals surface area contributed by atoms with E-state index in [1.54, 1.807) is 24.3 Å². The van der Waals surface area contributed by atoms with Crippen LogP contribution in [0.2, 0.25) is 0 Å². The molecular weight excluding hydrogens is 304 g/mol. The molecule has 6 heteroatoms. The van der Waals surface area contributed by atoms with E-state index >= 15 is 0 Å². The number of para-hydroxylation sites is 2. The standard InChI is InChI=1S/C18H18N4O2/c23-22(24)15-7-5-13(6-8-15)18-20-16-3-1-2-4-17(16)21(18)14-9-11-19-12-10-14/h1-8,14,19H,9-12H2. The molecule has 0 bridgehead atoms. The van der Waals surface area contributed by atoms with Gasteiger partial charge in [-0.2, -0.15) is 0 Å². The zero-order valence-corrected chi connectivity index (χ0v) is 13.2. The Bertz CT molecular complexity index is 880. The van der Waals surface area contributed by atoms with Crippen molar-refractivity contribution >= 4 is 16.7 Å². The first-order valence-electron chi connectivity index (χ1n) is 8.16. The number of benzene rings is 2. The molecule has 1 N–H and O–H groups in total. The Morgan fingerprint density at radius 2 is 1.79 bits per heavy atom. The van der Waals surface area contributed by atoms with Crippen LogP contribution in [0.25, 0.3) is 22.4 Å². The molecule has 1 saturated heterocycles. The minimum Gasteiger partial charge on any atom is -0.321 e. The van der Waals surface area contributed by atoms with Crippen LogP contribution in [-0.2, 0) is 0 Å². The molecular formula is C18H18N4O2. The largest absolute Gasteiger partial charge is 0.321 e. The third-order valence-electron chi connectivity index (χ3n) is 4.61. The third kappa shape index (κ3) is 2.55. The number of fused-ring (bicyclic) bond motifs is 1. The van der Waals surface area contributed by atoms with Crippen LogP contribution in [0.5, 0.6) is 0 Å². The predicted octanol–water partition coefficient (Wildman–Crippen LogP) is 3.54. The molecule has 0 radical (unpaired) electrons. The zero-order valence-electron chi connectivity index (χ0n) is 13.2. The van der Waals surface area contributed by atoms with Gasteiger partial charge in [0.1, 0.15) is 5.82 Å². The zero-order chi connectivity index (χ0) is 16.5. The van der Waals surface area contributed by atoms with E-state index in [0.717, 1.165) is 48.4 Å². The second-order valence-electron chi connectivity index (χ2n) is 6.08. The highest BCUT2D eigenvalue weighted by Crippen LogP contribution is 2.32. The molecule has 1 aliphatic rings. The number of nitrogens with zero attached hydrogens (tertiary/aromatic N) is 3. The van der Waals surface area contributed by atoms with Gasteiger partial charge in [-0.1, -0.05) is 12.1 Å². The van der Waals surface area contributed by atoms with Crippen LogP contribution in [-0.4, -0.2) is 27.6 Å². The summed E-state index contributed by atoms with van der Waals surface area (Å²) in [6, 6.07) is 15.2. The van der Waals surface area contributed by atoms with Crippen LogP contribution >= 0.6 is 0 Å². The summed E-state index contributed by atoms with van der Waals surface area (Å²) >= 11 is 0. The van der Waals surface area contributed by atoms with Crippen LogP contribution in [0.1, 0.15) is 18.9 Å². The van der Waals surface area contributed by atoms with Gasteiger partial charge in [0.25, 0.3) is 5.69 Å². The van der Waals surface area contributed by atoms with Gasteiger partial charge >= 0.3 is 0 Å². The van der Waals surface area contributed by atoms with E-state index in [-0.39, 0.29) is 10.6 Å². The summed E-state index contributed by atoms with van der Waals surface area (Å²) in [5.74, 6) is 0.887. The lowest BCUT2D eigenvalue weighted by molar-refractivity contribution is -0.384. The maximum Gasteiger partial charge on any atom is 0.269 e. The first-order valence-corrected chi connectivity index (χ1v) is 8.16. The molecule has 0 atom stereocenters. The topological polar surface area (TPSA) is 73.0 Å². The highest BCUT2D eigenvalue weighted by atomic mass is 16.6. The molecule has 1 fully saturated rings. The number of nitrogens with one attached hydrogen (secondary N) is 1. The van der Waals surface area contributed by atoms with Crippen molar-refractivity contribution in [3.63, 3.8) is 0 Å². The second-order valence-corrected chi connectivity index (χ2v) is 6.08. The molecule has 122 valence electrons. The van der Waals surface area contributed by atoms with Crippen molar-refractivity contribution < 1.29 is 4.92 Å². The lowest BCUT2D eigenvalue weighted by atomic mass is 10.1. The van der Waals surface area contributed by atoms with E-state index in [1.807, 2.05) is 18.2 Å². The molecule has 4 rings (SSSR count). The van der Waals surface area contributed by atoms with Gasteiger partial charge in [-0.3, -0.25) is 10.1 Å². The Kier molecular flexibility index (Phi) is 3.74. The van der Waals surface area contributed by atoms with Gasteiger partial charge in [-0.25, -0.2) is 4.98 Å². The average molecular weight is 322 g/mol. The first-order chi connectivity index (χ1) is 11.7. The fourth-order valence-corrected chi connectivity index (χ4v) is 3.41. The molecule has 0 unspecified atom stereocenters. The van der Waals surface area contributed by atoms with Gasteiger partial charge in [-0.05, 0) is 50.2 Å². The summed E-state index contributed by atoms with van der Waals surface area (Å²) in [5, 5.41) is 14.3. The highest BCUT2D eigenvalue weighted by molar-refractivity contribution is 5.81. The smallest absolute Gasteiger partial charge is 0.269 e. The number of piperidine rings is 1. The lowest BCUT2D eigenvalue weighted by Gasteiger charge is -2.26. The highest BCUT2D eigenvalue weighted by Gasteiger charge is 2.22. The molecule has 24 heavy (non-hydrogen) atoms. The maximum absolute atomic E-state index is 10.9. The van der Waals surface area contributed by atoms with Crippen molar-refractivity contribution in [1.82, 2.24) is 14.9 Å². The molecule has 0 aliphatic carbocycles. The monoisotopic (exact) mass is 322 g/mol.